The molecule has 0 saturated carbocycles. The van der Waals surface area contributed by atoms with Crippen LogP contribution < -0.4 is 5.32 Å². The Balaban J connectivity index is 1.51. The van der Waals surface area contributed by atoms with Gasteiger partial charge in [-0.2, -0.15) is 4.31 Å². The number of aryl methyl sites for hydroxylation is 1. The first-order chi connectivity index (χ1) is 15.3. The number of anilines is 1. The van der Waals surface area contributed by atoms with E-state index in [0.717, 1.165) is 29.7 Å². The molecule has 0 radical (unpaired) electrons. The molecular weight excluding hydrogens is 452 g/mol. The molecule has 2 aromatic heterocycles. The molecule has 10 heteroatoms. The highest BCUT2D eigenvalue weighted by molar-refractivity contribution is 7.89. The van der Waals surface area contributed by atoms with Crippen LogP contribution in [0.25, 0.3) is 0 Å². The summed E-state index contributed by atoms with van der Waals surface area (Å²) in [6.07, 6.45) is 4.11. The highest BCUT2D eigenvalue weighted by Gasteiger charge is 2.28. The Morgan fingerprint density at radius 2 is 1.94 bits per heavy atom. The lowest BCUT2D eigenvalue weighted by molar-refractivity contribution is 0.0601. The van der Waals surface area contributed by atoms with E-state index in [9.17, 15) is 18.0 Å². The predicted octanol–water partition coefficient (Wildman–Crippen LogP) is 3.69. The SMILES string of the molecule is COC(=O)c1c(NC(=O)c2ccc(S(=O)(=O)N(C)Cc3ccco3)cc2)sc2c1CCC2. The average Bonchev–Trinajstić information content (AvgIpc) is 3.51. The number of sulfonamides is 1. The minimum absolute atomic E-state index is 0.0634. The number of methoxy groups -OCH3 is 1. The number of nitrogens with one attached hydrogen (secondary N) is 1. The monoisotopic (exact) mass is 474 g/mol. The van der Waals surface area contributed by atoms with Gasteiger partial charge in [-0.05, 0) is 61.2 Å². The van der Waals surface area contributed by atoms with Crippen LogP contribution in [0.1, 0.15) is 43.3 Å². The van der Waals surface area contributed by atoms with Crippen LogP contribution in [-0.4, -0.2) is 38.8 Å². The topological polar surface area (TPSA) is 106 Å². The lowest BCUT2D eigenvalue weighted by atomic mass is 10.1. The number of amides is 1. The van der Waals surface area contributed by atoms with Gasteiger partial charge in [0.1, 0.15) is 10.8 Å². The Hall–Kier alpha value is -2.95. The van der Waals surface area contributed by atoms with Gasteiger partial charge in [0.05, 0.1) is 30.4 Å². The molecule has 2 heterocycles. The number of hydrogen-bond acceptors (Lipinski definition) is 7. The fraction of sp³-hybridized carbons (Fsp3) is 0.273. The van der Waals surface area contributed by atoms with Crippen molar-refractivity contribution in [3.05, 3.63) is 70.0 Å². The molecule has 1 N–H and O–H groups in total. The van der Waals surface area contributed by atoms with Gasteiger partial charge in [0, 0.05) is 17.5 Å². The second-order valence-corrected chi connectivity index (χ2v) is 10.5. The molecule has 0 spiro atoms. The zero-order valence-corrected chi connectivity index (χ0v) is 19.2. The molecule has 32 heavy (non-hydrogen) atoms. The van der Waals surface area contributed by atoms with Crippen molar-refractivity contribution in [1.82, 2.24) is 4.31 Å². The summed E-state index contributed by atoms with van der Waals surface area (Å²) in [5.74, 6) is -0.375. The van der Waals surface area contributed by atoms with Crippen LogP contribution in [0, 0.1) is 0 Å². The first-order valence-electron chi connectivity index (χ1n) is 9.94. The van der Waals surface area contributed by atoms with E-state index in [0.29, 0.717) is 16.3 Å². The first kappa shape index (κ1) is 22.3. The average molecular weight is 475 g/mol. The molecule has 4 rings (SSSR count). The van der Waals surface area contributed by atoms with Gasteiger partial charge in [0.25, 0.3) is 5.91 Å². The molecule has 0 bridgehead atoms. The van der Waals surface area contributed by atoms with Crippen LogP contribution in [-0.2, 0) is 34.1 Å². The van der Waals surface area contributed by atoms with Gasteiger partial charge in [-0.3, -0.25) is 4.79 Å². The highest BCUT2D eigenvalue weighted by Crippen LogP contribution is 2.39. The zero-order chi connectivity index (χ0) is 22.9. The fourth-order valence-electron chi connectivity index (χ4n) is 3.65. The van der Waals surface area contributed by atoms with Gasteiger partial charge in [-0.25, -0.2) is 13.2 Å². The number of fused-ring (bicyclic) bond motifs is 1. The molecule has 168 valence electrons. The molecule has 1 amide bonds. The first-order valence-corrected chi connectivity index (χ1v) is 12.2. The standard InChI is InChI=1S/C22H22N2O6S2/c1-24(13-15-5-4-12-30-15)32(27,28)16-10-8-14(9-11-16)20(25)23-21-19(22(26)29-2)17-6-3-7-18(17)31-21/h4-5,8-12H,3,6-7,13H2,1-2H3,(H,23,25). The number of rotatable bonds is 7. The smallest absolute Gasteiger partial charge is 0.341 e. The van der Waals surface area contributed by atoms with Crippen LogP contribution in [0.5, 0.6) is 0 Å². The van der Waals surface area contributed by atoms with Crippen molar-refractivity contribution in [3.63, 3.8) is 0 Å². The summed E-state index contributed by atoms with van der Waals surface area (Å²) < 4.78 is 36.9. The number of benzene rings is 1. The van der Waals surface area contributed by atoms with E-state index in [4.69, 9.17) is 9.15 Å². The Morgan fingerprint density at radius 1 is 1.19 bits per heavy atom. The van der Waals surface area contributed by atoms with Crippen molar-refractivity contribution in [1.29, 1.82) is 0 Å². The second kappa shape index (κ2) is 8.89. The van der Waals surface area contributed by atoms with E-state index in [-0.39, 0.29) is 17.0 Å². The molecule has 8 nitrogen and oxygen atoms in total. The summed E-state index contributed by atoms with van der Waals surface area (Å²) in [5.41, 5.74) is 1.64. The Labute approximate surface area is 189 Å². The summed E-state index contributed by atoms with van der Waals surface area (Å²) in [6.45, 7) is 0.0942. The van der Waals surface area contributed by atoms with Gasteiger partial charge >= 0.3 is 5.97 Å². The Morgan fingerprint density at radius 3 is 2.59 bits per heavy atom. The summed E-state index contributed by atoms with van der Waals surface area (Å²) in [6, 6.07) is 9.06. The van der Waals surface area contributed by atoms with Crippen LogP contribution in [0.3, 0.4) is 0 Å². The molecule has 0 atom stereocenters. The highest BCUT2D eigenvalue weighted by atomic mass is 32.2. The van der Waals surface area contributed by atoms with E-state index in [1.807, 2.05) is 0 Å². The maximum atomic E-state index is 12.8. The second-order valence-electron chi connectivity index (χ2n) is 7.37. The normalized spacial score (nSPS) is 13.2. The minimum atomic E-state index is -3.75. The molecule has 0 unspecified atom stereocenters. The molecule has 1 aliphatic carbocycles. The number of carbonyl (C=O) groups excluding carboxylic acids is 2. The lowest BCUT2D eigenvalue weighted by Crippen LogP contribution is -2.26. The summed E-state index contributed by atoms with van der Waals surface area (Å²) in [7, 11) is -0.978. The maximum Gasteiger partial charge on any atom is 0.341 e. The van der Waals surface area contributed by atoms with Gasteiger partial charge < -0.3 is 14.5 Å². The molecule has 1 aromatic carbocycles. The van der Waals surface area contributed by atoms with Crippen LogP contribution in [0.4, 0.5) is 5.00 Å². The fourth-order valence-corrected chi connectivity index (χ4v) is 6.06. The van der Waals surface area contributed by atoms with E-state index in [1.165, 1.54) is 60.3 Å². The lowest BCUT2D eigenvalue weighted by Gasteiger charge is -2.16. The molecular formula is C22H22N2O6S2. The van der Waals surface area contributed by atoms with Crippen molar-refractivity contribution in [2.24, 2.45) is 0 Å². The van der Waals surface area contributed by atoms with Crippen molar-refractivity contribution in [2.45, 2.75) is 30.7 Å². The Kier molecular flexibility index (Phi) is 6.18. The number of carbonyl (C=O) groups is 2. The van der Waals surface area contributed by atoms with Gasteiger partial charge in [0.15, 0.2) is 0 Å². The minimum Gasteiger partial charge on any atom is -0.468 e. The van der Waals surface area contributed by atoms with Crippen LogP contribution in [0.2, 0.25) is 0 Å². The van der Waals surface area contributed by atoms with Crippen molar-refractivity contribution >= 4 is 38.2 Å². The number of thiophene rings is 1. The predicted molar refractivity (Wildman–Crippen MR) is 119 cm³/mol. The Bertz CT molecular complexity index is 1240. The maximum absolute atomic E-state index is 12.8. The van der Waals surface area contributed by atoms with E-state index in [1.54, 1.807) is 12.1 Å². The zero-order valence-electron chi connectivity index (χ0n) is 17.6. The molecule has 3 aromatic rings. The number of esters is 1. The van der Waals surface area contributed by atoms with Crippen LogP contribution >= 0.6 is 11.3 Å². The summed E-state index contributed by atoms with van der Waals surface area (Å²) >= 11 is 1.38. The van der Waals surface area contributed by atoms with Crippen molar-refractivity contribution in [3.8, 4) is 0 Å². The molecule has 1 aliphatic rings. The molecule has 0 saturated heterocycles. The van der Waals surface area contributed by atoms with Gasteiger partial charge in [0.2, 0.25) is 10.0 Å². The molecule has 0 aliphatic heterocycles. The number of furan rings is 1. The van der Waals surface area contributed by atoms with Crippen LogP contribution in [0.15, 0.2) is 52.0 Å². The van der Waals surface area contributed by atoms with Gasteiger partial charge in [-0.1, -0.05) is 0 Å². The third kappa shape index (κ3) is 4.21. The molecule has 0 fully saturated rings. The van der Waals surface area contributed by atoms with E-state index < -0.39 is 21.9 Å². The van der Waals surface area contributed by atoms with E-state index in [2.05, 4.69) is 5.32 Å². The summed E-state index contributed by atoms with van der Waals surface area (Å²) in [4.78, 5) is 26.2. The number of ether oxygens (including phenoxy) is 1. The quantitative estimate of drug-likeness (QED) is 0.524. The van der Waals surface area contributed by atoms with Gasteiger partial charge in [-0.15, -0.1) is 11.3 Å². The third-order valence-corrected chi connectivity index (χ3v) is 8.35. The number of nitrogens with zero attached hydrogens (tertiary/aromatic N) is 1. The van der Waals surface area contributed by atoms with Crippen molar-refractivity contribution in [2.75, 3.05) is 19.5 Å². The number of hydrogen-bond donors (Lipinski definition) is 1. The van der Waals surface area contributed by atoms with E-state index >= 15 is 0 Å². The summed E-state index contributed by atoms with van der Waals surface area (Å²) in [5, 5.41) is 3.25. The van der Waals surface area contributed by atoms with Crippen molar-refractivity contribution < 1.29 is 27.2 Å². The third-order valence-electron chi connectivity index (χ3n) is 5.32. The largest absolute Gasteiger partial charge is 0.468 e.